The minimum atomic E-state index is -0.556. The standard InChI is InChI=1S/C24H31N3O2/c1-19-9-11-21(12-10-19)17-26-22(28)24(2)14-6-16-27(18-24)23(29)25-15-13-20-7-4-3-5-8-20/h3-5,7-12H,6,13-18H2,1-2H3,(H,25,29)(H,26,28)/t24-/m1/s1. The Morgan fingerprint density at radius 1 is 1.00 bits per heavy atom. The number of benzene rings is 2. The SMILES string of the molecule is Cc1ccc(CNC(=O)[C@]2(C)CCCN(C(=O)NCCc3ccccc3)C2)cc1. The summed E-state index contributed by atoms with van der Waals surface area (Å²) in [5.74, 6) is 0.0138. The molecule has 29 heavy (non-hydrogen) atoms. The second-order valence-electron chi connectivity index (χ2n) is 8.22. The number of amides is 3. The van der Waals surface area contributed by atoms with E-state index in [0.29, 0.717) is 26.2 Å². The zero-order valence-corrected chi connectivity index (χ0v) is 17.4. The van der Waals surface area contributed by atoms with Crippen molar-refractivity contribution in [1.82, 2.24) is 15.5 Å². The second kappa shape index (κ2) is 9.59. The van der Waals surface area contributed by atoms with E-state index in [1.54, 1.807) is 4.90 Å². The Morgan fingerprint density at radius 3 is 2.45 bits per heavy atom. The van der Waals surface area contributed by atoms with Gasteiger partial charge in [-0.25, -0.2) is 4.79 Å². The van der Waals surface area contributed by atoms with Crippen molar-refractivity contribution in [3.63, 3.8) is 0 Å². The van der Waals surface area contributed by atoms with Gasteiger partial charge in [-0.1, -0.05) is 60.2 Å². The van der Waals surface area contributed by atoms with Crippen molar-refractivity contribution < 1.29 is 9.59 Å². The van der Waals surface area contributed by atoms with Crippen LogP contribution in [-0.4, -0.2) is 36.5 Å². The first-order valence-electron chi connectivity index (χ1n) is 10.4. The van der Waals surface area contributed by atoms with Crippen molar-refractivity contribution in [3.05, 3.63) is 71.3 Å². The van der Waals surface area contributed by atoms with Gasteiger partial charge in [-0.05, 0) is 44.2 Å². The molecule has 154 valence electrons. The van der Waals surface area contributed by atoms with E-state index in [2.05, 4.69) is 22.8 Å². The Balaban J connectivity index is 1.49. The van der Waals surface area contributed by atoms with Gasteiger partial charge < -0.3 is 15.5 Å². The maximum Gasteiger partial charge on any atom is 0.317 e. The molecule has 1 heterocycles. The Labute approximate surface area is 173 Å². The van der Waals surface area contributed by atoms with E-state index in [1.165, 1.54) is 11.1 Å². The van der Waals surface area contributed by atoms with E-state index in [-0.39, 0.29) is 11.9 Å². The minimum absolute atomic E-state index is 0.0138. The van der Waals surface area contributed by atoms with E-state index in [1.807, 2.05) is 56.3 Å². The van der Waals surface area contributed by atoms with Crippen LogP contribution in [0.25, 0.3) is 0 Å². The van der Waals surface area contributed by atoms with Crippen molar-refractivity contribution in [1.29, 1.82) is 0 Å². The van der Waals surface area contributed by atoms with E-state index in [0.717, 1.165) is 24.8 Å². The number of likely N-dealkylation sites (tertiary alicyclic amines) is 1. The van der Waals surface area contributed by atoms with Gasteiger partial charge >= 0.3 is 6.03 Å². The third-order valence-corrected chi connectivity index (χ3v) is 5.64. The summed E-state index contributed by atoms with van der Waals surface area (Å²) in [7, 11) is 0. The van der Waals surface area contributed by atoms with Gasteiger partial charge in [0.05, 0.1) is 5.41 Å². The number of nitrogens with zero attached hydrogens (tertiary/aromatic N) is 1. The van der Waals surface area contributed by atoms with Gasteiger partial charge in [0.1, 0.15) is 0 Å². The molecule has 0 unspecified atom stereocenters. The fourth-order valence-electron chi connectivity index (χ4n) is 3.77. The summed E-state index contributed by atoms with van der Waals surface area (Å²) in [6.45, 7) is 6.25. The Hall–Kier alpha value is -2.82. The van der Waals surface area contributed by atoms with Gasteiger partial charge in [0, 0.05) is 26.2 Å². The van der Waals surface area contributed by atoms with E-state index in [4.69, 9.17) is 0 Å². The third-order valence-electron chi connectivity index (χ3n) is 5.64. The quantitative estimate of drug-likeness (QED) is 0.787. The monoisotopic (exact) mass is 393 g/mol. The molecule has 2 N–H and O–H groups in total. The highest BCUT2D eigenvalue weighted by Crippen LogP contribution is 2.30. The predicted molar refractivity (Wildman–Crippen MR) is 115 cm³/mol. The molecule has 1 saturated heterocycles. The lowest BCUT2D eigenvalue weighted by molar-refractivity contribution is -0.132. The number of carbonyl (C=O) groups excluding carboxylic acids is 2. The molecule has 2 aromatic carbocycles. The van der Waals surface area contributed by atoms with Crippen LogP contribution < -0.4 is 10.6 Å². The van der Waals surface area contributed by atoms with Crippen LogP contribution >= 0.6 is 0 Å². The summed E-state index contributed by atoms with van der Waals surface area (Å²) in [5.41, 5.74) is 2.93. The van der Waals surface area contributed by atoms with Gasteiger partial charge in [-0.3, -0.25) is 4.79 Å². The number of carbonyl (C=O) groups is 2. The van der Waals surface area contributed by atoms with Crippen LogP contribution in [0.2, 0.25) is 0 Å². The molecule has 0 aromatic heterocycles. The molecule has 1 aliphatic rings. The zero-order valence-electron chi connectivity index (χ0n) is 17.4. The van der Waals surface area contributed by atoms with Gasteiger partial charge in [0.25, 0.3) is 0 Å². The van der Waals surface area contributed by atoms with Gasteiger partial charge in [0.15, 0.2) is 0 Å². The number of hydrogen-bond acceptors (Lipinski definition) is 2. The van der Waals surface area contributed by atoms with Gasteiger partial charge in [-0.15, -0.1) is 0 Å². The van der Waals surface area contributed by atoms with Crippen LogP contribution in [0.3, 0.4) is 0 Å². The summed E-state index contributed by atoms with van der Waals surface area (Å²) in [4.78, 5) is 27.2. The fourth-order valence-corrected chi connectivity index (χ4v) is 3.77. The molecule has 3 rings (SSSR count). The van der Waals surface area contributed by atoms with E-state index in [9.17, 15) is 9.59 Å². The average molecular weight is 394 g/mol. The summed E-state index contributed by atoms with van der Waals surface area (Å²) in [5, 5.41) is 6.05. The molecule has 0 saturated carbocycles. The van der Waals surface area contributed by atoms with Crippen LogP contribution in [0, 0.1) is 12.3 Å². The number of hydrogen-bond donors (Lipinski definition) is 2. The molecule has 3 amide bonds. The van der Waals surface area contributed by atoms with Crippen molar-refractivity contribution in [2.45, 2.75) is 39.7 Å². The van der Waals surface area contributed by atoms with Crippen LogP contribution in [0.5, 0.6) is 0 Å². The largest absolute Gasteiger partial charge is 0.351 e. The topological polar surface area (TPSA) is 61.4 Å². The number of aryl methyl sites for hydroxylation is 1. The van der Waals surface area contributed by atoms with Crippen molar-refractivity contribution in [3.8, 4) is 0 Å². The molecule has 0 aliphatic carbocycles. The average Bonchev–Trinajstić information content (AvgIpc) is 2.74. The highest BCUT2D eigenvalue weighted by atomic mass is 16.2. The molecule has 5 nitrogen and oxygen atoms in total. The highest BCUT2D eigenvalue weighted by Gasteiger charge is 2.39. The van der Waals surface area contributed by atoms with Crippen molar-refractivity contribution in [2.24, 2.45) is 5.41 Å². The zero-order chi connectivity index (χ0) is 20.7. The maximum atomic E-state index is 12.9. The lowest BCUT2D eigenvalue weighted by Crippen LogP contribution is -2.54. The molecule has 1 atom stereocenters. The molecular formula is C24H31N3O2. The lowest BCUT2D eigenvalue weighted by atomic mass is 9.81. The molecule has 0 bridgehead atoms. The molecule has 2 aromatic rings. The van der Waals surface area contributed by atoms with Crippen LogP contribution in [0.4, 0.5) is 4.79 Å². The van der Waals surface area contributed by atoms with Gasteiger partial charge in [-0.2, -0.15) is 0 Å². The minimum Gasteiger partial charge on any atom is -0.351 e. The third kappa shape index (κ3) is 5.83. The molecular weight excluding hydrogens is 362 g/mol. The summed E-state index contributed by atoms with van der Waals surface area (Å²) < 4.78 is 0. The Morgan fingerprint density at radius 2 is 1.72 bits per heavy atom. The first-order valence-corrected chi connectivity index (χ1v) is 10.4. The van der Waals surface area contributed by atoms with E-state index < -0.39 is 5.41 Å². The second-order valence-corrected chi connectivity index (χ2v) is 8.22. The van der Waals surface area contributed by atoms with Crippen LogP contribution in [0.15, 0.2) is 54.6 Å². The highest BCUT2D eigenvalue weighted by molar-refractivity contribution is 5.84. The number of piperidine rings is 1. The summed E-state index contributed by atoms with van der Waals surface area (Å²) >= 11 is 0. The first-order chi connectivity index (χ1) is 14.0. The predicted octanol–water partition coefficient (Wildman–Crippen LogP) is 3.67. The van der Waals surface area contributed by atoms with Crippen LogP contribution in [0.1, 0.15) is 36.5 Å². The van der Waals surface area contributed by atoms with Gasteiger partial charge in [0.2, 0.25) is 5.91 Å². The van der Waals surface area contributed by atoms with Crippen LogP contribution in [-0.2, 0) is 17.8 Å². The smallest absolute Gasteiger partial charge is 0.317 e. The normalized spacial score (nSPS) is 18.9. The van der Waals surface area contributed by atoms with E-state index >= 15 is 0 Å². The Bertz CT molecular complexity index is 820. The summed E-state index contributed by atoms with van der Waals surface area (Å²) in [6.07, 6.45) is 2.43. The Kier molecular flexibility index (Phi) is 6.91. The maximum absolute atomic E-state index is 12.9. The lowest BCUT2D eigenvalue weighted by Gasteiger charge is -2.39. The molecule has 1 aliphatic heterocycles. The first kappa shape index (κ1) is 20.9. The van der Waals surface area contributed by atoms with Crippen molar-refractivity contribution >= 4 is 11.9 Å². The number of nitrogens with one attached hydrogen (secondary N) is 2. The number of rotatable bonds is 6. The molecule has 0 spiro atoms. The van der Waals surface area contributed by atoms with Crippen molar-refractivity contribution in [2.75, 3.05) is 19.6 Å². The molecule has 0 radical (unpaired) electrons. The fraction of sp³-hybridized carbons (Fsp3) is 0.417. The molecule has 5 heteroatoms. The summed E-state index contributed by atoms with van der Waals surface area (Å²) in [6, 6.07) is 18.2. The molecule has 1 fully saturated rings. The number of urea groups is 1.